The smallest absolute Gasteiger partial charge is 0.326 e. The maximum Gasteiger partial charge on any atom is 0.326 e. The highest BCUT2D eigenvalue weighted by atomic mass is 32.2. The molecule has 2 aromatic rings. The molecule has 0 aliphatic carbocycles. The standard InChI is InChI=1S/C15H20N4O5S/c20-14-12-10-11(2-3-13(12)17-15(21)18-14)25(22,23)16-4-1-5-19-6-8-24-9-7-19/h2-3,10,16H,1,4-9H2,(H2,17,18,20,21). The lowest BCUT2D eigenvalue weighted by atomic mass is 10.2. The van der Waals surface area contributed by atoms with Crippen LogP contribution >= 0.6 is 0 Å². The van der Waals surface area contributed by atoms with E-state index in [9.17, 15) is 18.0 Å². The number of nitrogens with zero attached hydrogens (tertiary/aromatic N) is 1. The SMILES string of the molecule is O=c1[nH]c(=O)c2cc(S(=O)(=O)NCCCN3CCOCC3)ccc2[nH]1. The van der Waals surface area contributed by atoms with Crippen LogP contribution in [0.15, 0.2) is 32.7 Å². The second-order valence-corrected chi connectivity index (χ2v) is 7.59. The third kappa shape index (κ3) is 4.34. The molecule has 0 bridgehead atoms. The van der Waals surface area contributed by atoms with E-state index in [2.05, 4.69) is 19.6 Å². The summed E-state index contributed by atoms with van der Waals surface area (Å²) in [5.41, 5.74) is -0.961. The summed E-state index contributed by atoms with van der Waals surface area (Å²) < 4.78 is 32.6. The number of benzene rings is 1. The molecule has 136 valence electrons. The average Bonchev–Trinajstić information content (AvgIpc) is 2.59. The minimum Gasteiger partial charge on any atom is -0.379 e. The van der Waals surface area contributed by atoms with Gasteiger partial charge in [0.25, 0.3) is 5.56 Å². The molecule has 1 aliphatic rings. The molecule has 1 saturated heterocycles. The molecule has 0 atom stereocenters. The summed E-state index contributed by atoms with van der Waals surface area (Å²) >= 11 is 0. The first kappa shape index (κ1) is 17.8. The van der Waals surface area contributed by atoms with Gasteiger partial charge in [0.15, 0.2) is 0 Å². The first-order valence-electron chi connectivity index (χ1n) is 8.02. The monoisotopic (exact) mass is 368 g/mol. The number of nitrogens with one attached hydrogen (secondary N) is 3. The summed E-state index contributed by atoms with van der Waals surface area (Å²) in [6.07, 6.45) is 0.681. The Labute approximate surface area is 144 Å². The number of morpholine rings is 1. The molecule has 0 unspecified atom stereocenters. The fraction of sp³-hybridized carbons (Fsp3) is 0.467. The number of hydrogen-bond donors (Lipinski definition) is 3. The van der Waals surface area contributed by atoms with E-state index in [4.69, 9.17) is 4.74 Å². The van der Waals surface area contributed by atoms with E-state index < -0.39 is 21.3 Å². The number of hydrogen-bond acceptors (Lipinski definition) is 6. The van der Waals surface area contributed by atoms with Gasteiger partial charge in [0.1, 0.15) is 0 Å². The van der Waals surface area contributed by atoms with Crippen LogP contribution in [0.5, 0.6) is 0 Å². The fourth-order valence-corrected chi connectivity index (χ4v) is 3.83. The van der Waals surface area contributed by atoms with Crippen molar-refractivity contribution in [3.8, 4) is 0 Å². The maximum absolute atomic E-state index is 12.4. The van der Waals surface area contributed by atoms with E-state index in [-0.39, 0.29) is 10.3 Å². The lowest BCUT2D eigenvalue weighted by Crippen LogP contribution is -2.38. The van der Waals surface area contributed by atoms with Crippen LogP contribution in [0.2, 0.25) is 0 Å². The van der Waals surface area contributed by atoms with Crippen LogP contribution < -0.4 is 16.0 Å². The van der Waals surface area contributed by atoms with E-state index in [0.717, 1.165) is 19.6 Å². The first-order chi connectivity index (χ1) is 12.0. The Balaban J connectivity index is 1.66. The summed E-state index contributed by atoms with van der Waals surface area (Å²) in [7, 11) is -3.72. The quantitative estimate of drug-likeness (QED) is 0.575. The third-order valence-electron chi connectivity index (χ3n) is 4.07. The Morgan fingerprint density at radius 3 is 2.68 bits per heavy atom. The molecule has 1 aliphatic heterocycles. The van der Waals surface area contributed by atoms with E-state index in [1.807, 2.05) is 0 Å². The average molecular weight is 368 g/mol. The molecule has 0 amide bonds. The summed E-state index contributed by atoms with van der Waals surface area (Å²) in [6.45, 7) is 4.24. The van der Waals surface area contributed by atoms with Gasteiger partial charge in [-0.2, -0.15) is 0 Å². The van der Waals surface area contributed by atoms with Gasteiger partial charge in [-0.1, -0.05) is 0 Å². The molecule has 9 nitrogen and oxygen atoms in total. The first-order valence-corrected chi connectivity index (χ1v) is 9.50. The zero-order chi connectivity index (χ0) is 17.9. The Kier molecular flexibility index (Phi) is 5.33. The van der Waals surface area contributed by atoms with Crippen LogP contribution in [0.1, 0.15) is 6.42 Å². The van der Waals surface area contributed by atoms with Crippen molar-refractivity contribution in [3.05, 3.63) is 39.0 Å². The fourth-order valence-electron chi connectivity index (χ4n) is 2.73. The van der Waals surface area contributed by atoms with Crippen LogP contribution in [0.3, 0.4) is 0 Å². The number of fused-ring (bicyclic) bond motifs is 1. The molecule has 3 rings (SSSR count). The minimum absolute atomic E-state index is 0.0103. The van der Waals surface area contributed by atoms with E-state index in [1.165, 1.54) is 18.2 Å². The topological polar surface area (TPSA) is 124 Å². The molecule has 1 aromatic heterocycles. The van der Waals surface area contributed by atoms with Crippen molar-refractivity contribution in [3.63, 3.8) is 0 Å². The highest BCUT2D eigenvalue weighted by molar-refractivity contribution is 7.89. The number of aromatic amines is 2. The van der Waals surface area contributed by atoms with Crippen molar-refractivity contribution >= 4 is 20.9 Å². The van der Waals surface area contributed by atoms with Gasteiger partial charge in [0.05, 0.1) is 29.0 Å². The number of rotatable bonds is 6. The van der Waals surface area contributed by atoms with Gasteiger partial charge in [-0.05, 0) is 31.2 Å². The highest BCUT2D eigenvalue weighted by Gasteiger charge is 2.16. The molecule has 0 saturated carbocycles. The molecule has 25 heavy (non-hydrogen) atoms. The molecular formula is C15H20N4O5S. The van der Waals surface area contributed by atoms with Gasteiger partial charge in [-0.3, -0.25) is 14.7 Å². The third-order valence-corrected chi connectivity index (χ3v) is 5.53. The predicted molar refractivity (Wildman–Crippen MR) is 92.3 cm³/mol. The van der Waals surface area contributed by atoms with Crippen molar-refractivity contribution in [2.24, 2.45) is 0 Å². The second kappa shape index (κ2) is 7.48. The highest BCUT2D eigenvalue weighted by Crippen LogP contribution is 2.13. The zero-order valence-electron chi connectivity index (χ0n) is 13.6. The van der Waals surface area contributed by atoms with Gasteiger partial charge < -0.3 is 9.72 Å². The van der Waals surface area contributed by atoms with E-state index in [1.54, 1.807) is 0 Å². The van der Waals surface area contributed by atoms with Crippen LogP contribution in [0.4, 0.5) is 0 Å². The maximum atomic E-state index is 12.4. The van der Waals surface area contributed by atoms with E-state index >= 15 is 0 Å². The second-order valence-electron chi connectivity index (χ2n) is 5.82. The van der Waals surface area contributed by atoms with Crippen molar-refractivity contribution in [1.82, 2.24) is 19.6 Å². The molecule has 1 fully saturated rings. The van der Waals surface area contributed by atoms with Crippen molar-refractivity contribution < 1.29 is 13.2 Å². The molecular weight excluding hydrogens is 348 g/mol. The Bertz CT molecular complexity index is 960. The normalized spacial score (nSPS) is 16.3. The van der Waals surface area contributed by atoms with E-state index in [0.29, 0.717) is 31.7 Å². The van der Waals surface area contributed by atoms with Crippen molar-refractivity contribution in [2.45, 2.75) is 11.3 Å². The molecule has 2 heterocycles. The number of H-pyrrole nitrogens is 2. The minimum atomic E-state index is -3.72. The summed E-state index contributed by atoms with van der Waals surface area (Å²) in [4.78, 5) is 29.8. The van der Waals surface area contributed by atoms with Gasteiger partial charge >= 0.3 is 5.69 Å². The predicted octanol–water partition coefficient (Wildman–Crippen LogP) is -0.783. The van der Waals surface area contributed by atoms with Crippen molar-refractivity contribution in [2.75, 3.05) is 39.4 Å². The summed E-state index contributed by atoms with van der Waals surface area (Å²) in [5, 5.41) is 0.121. The Hall–Kier alpha value is -2.01. The molecule has 1 aromatic carbocycles. The Morgan fingerprint density at radius 1 is 1.16 bits per heavy atom. The van der Waals surface area contributed by atoms with Crippen LogP contribution in [-0.2, 0) is 14.8 Å². The molecule has 3 N–H and O–H groups in total. The molecule has 0 radical (unpaired) electrons. The largest absolute Gasteiger partial charge is 0.379 e. The lowest BCUT2D eigenvalue weighted by molar-refractivity contribution is 0.0376. The lowest BCUT2D eigenvalue weighted by Gasteiger charge is -2.26. The number of aromatic nitrogens is 2. The summed E-state index contributed by atoms with van der Waals surface area (Å²) in [5.74, 6) is 0. The van der Waals surface area contributed by atoms with Gasteiger partial charge in [-0.15, -0.1) is 0 Å². The van der Waals surface area contributed by atoms with Crippen LogP contribution in [-0.4, -0.2) is 62.7 Å². The van der Waals surface area contributed by atoms with Crippen LogP contribution in [0.25, 0.3) is 10.9 Å². The summed E-state index contributed by atoms with van der Waals surface area (Å²) in [6, 6.07) is 4.03. The van der Waals surface area contributed by atoms with Crippen LogP contribution in [0, 0.1) is 0 Å². The Morgan fingerprint density at radius 2 is 1.92 bits per heavy atom. The number of sulfonamides is 1. The molecule has 0 spiro atoms. The molecule has 10 heteroatoms. The van der Waals surface area contributed by atoms with Crippen molar-refractivity contribution in [1.29, 1.82) is 0 Å². The van der Waals surface area contributed by atoms with Gasteiger partial charge in [-0.25, -0.2) is 17.9 Å². The number of ether oxygens (including phenoxy) is 1. The van der Waals surface area contributed by atoms with Gasteiger partial charge in [0, 0.05) is 19.6 Å². The van der Waals surface area contributed by atoms with Gasteiger partial charge in [0.2, 0.25) is 10.0 Å². The zero-order valence-corrected chi connectivity index (χ0v) is 14.4.